The molecule has 0 spiro atoms. The van der Waals surface area contributed by atoms with Gasteiger partial charge in [0.2, 0.25) is 0 Å². The number of anilines is 3. The summed E-state index contributed by atoms with van der Waals surface area (Å²) in [4.78, 5) is 14.4. The van der Waals surface area contributed by atoms with Crippen LogP contribution in [0.4, 0.5) is 17.1 Å². The molecule has 0 fully saturated rings. The summed E-state index contributed by atoms with van der Waals surface area (Å²) in [5.41, 5.74) is 2.09. The largest absolute Gasteiger partial charge is 0.378 e. The Labute approximate surface area is 175 Å². The summed E-state index contributed by atoms with van der Waals surface area (Å²) < 4.78 is 27.8. The van der Waals surface area contributed by atoms with Crippen molar-refractivity contribution in [1.82, 2.24) is 0 Å². The number of amides is 1. The molecule has 2 N–H and O–H groups in total. The van der Waals surface area contributed by atoms with Crippen molar-refractivity contribution >= 4 is 44.6 Å². The first-order chi connectivity index (χ1) is 13.8. The highest BCUT2D eigenvalue weighted by molar-refractivity contribution is 7.92. The Hall–Kier alpha value is -3.03. The number of hydrogen-bond donors (Lipinski definition) is 2. The SMILES string of the molecule is CN(C)c1ccc(C(=O)Nc2cccc(S(=O)(=O)Nc3ccccc3Cl)c2)cc1. The van der Waals surface area contributed by atoms with Crippen LogP contribution in [0.25, 0.3) is 0 Å². The standard InChI is InChI=1S/C21H20ClN3O3S/c1-25(2)17-12-10-15(11-13-17)21(26)23-16-6-5-7-18(14-16)29(27,28)24-20-9-4-3-8-19(20)22/h3-14,24H,1-2H3,(H,23,26). The summed E-state index contributed by atoms with van der Waals surface area (Å²) in [5, 5.41) is 3.02. The number of halogens is 1. The lowest BCUT2D eigenvalue weighted by molar-refractivity contribution is 0.102. The Morgan fingerprint density at radius 1 is 0.931 bits per heavy atom. The van der Waals surface area contributed by atoms with Crippen molar-refractivity contribution < 1.29 is 13.2 Å². The molecule has 0 atom stereocenters. The molecule has 0 radical (unpaired) electrons. The first kappa shape index (κ1) is 20.7. The van der Waals surface area contributed by atoms with Crippen molar-refractivity contribution in [2.45, 2.75) is 4.90 Å². The number of para-hydroxylation sites is 1. The van der Waals surface area contributed by atoms with E-state index in [9.17, 15) is 13.2 Å². The summed E-state index contributed by atoms with van der Waals surface area (Å²) >= 11 is 6.03. The maximum Gasteiger partial charge on any atom is 0.262 e. The molecule has 0 aromatic heterocycles. The van der Waals surface area contributed by atoms with E-state index in [1.54, 1.807) is 48.5 Å². The lowest BCUT2D eigenvalue weighted by Crippen LogP contribution is -2.15. The molecule has 0 saturated heterocycles. The van der Waals surface area contributed by atoms with Crippen LogP contribution in [0.15, 0.2) is 77.7 Å². The third-order valence-electron chi connectivity index (χ3n) is 4.17. The van der Waals surface area contributed by atoms with E-state index in [1.807, 2.05) is 31.1 Å². The van der Waals surface area contributed by atoms with Crippen LogP contribution in [0, 0.1) is 0 Å². The number of nitrogens with one attached hydrogen (secondary N) is 2. The van der Waals surface area contributed by atoms with Crippen LogP contribution in [0.2, 0.25) is 5.02 Å². The molecule has 0 aliphatic rings. The van der Waals surface area contributed by atoms with E-state index in [2.05, 4.69) is 10.0 Å². The van der Waals surface area contributed by atoms with Gasteiger partial charge >= 0.3 is 0 Å². The molecule has 0 heterocycles. The fourth-order valence-corrected chi connectivity index (χ4v) is 3.97. The van der Waals surface area contributed by atoms with Gasteiger partial charge in [-0.15, -0.1) is 0 Å². The van der Waals surface area contributed by atoms with Gasteiger partial charge in [-0.1, -0.05) is 29.8 Å². The van der Waals surface area contributed by atoms with Crippen molar-refractivity contribution in [3.63, 3.8) is 0 Å². The highest BCUT2D eigenvalue weighted by Crippen LogP contribution is 2.25. The molecule has 0 saturated carbocycles. The zero-order valence-corrected chi connectivity index (χ0v) is 17.5. The van der Waals surface area contributed by atoms with Crippen molar-refractivity contribution in [3.8, 4) is 0 Å². The van der Waals surface area contributed by atoms with Gasteiger partial charge in [-0.2, -0.15) is 0 Å². The maximum atomic E-state index is 12.7. The second kappa shape index (κ2) is 8.55. The number of carbonyl (C=O) groups is 1. The monoisotopic (exact) mass is 429 g/mol. The molecule has 3 aromatic rings. The van der Waals surface area contributed by atoms with Gasteiger partial charge in [-0.3, -0.25) is 9.52 Å². The summed E-state index contributed by atoms with van der Waals surface area (Å²) in [5.74, 6) is -0.330. The predicted octanol–water partition coefficient (Wildman–Crippen LogP) is 4.46. The molecule has 6 nitrogen and oxygen atoms in total. The fraction of sp³-hybridized carbons (Fsp3) is 0.0952. The smallest absolute Gasteiger partial charge is 0.262 e. The molecule has 150 valence electrons. The zero-order valence-electron chi connectivity index (χ0n) is 15.9. The molecule has 1 amide bonds. The Morgan fingerprint density at radius 3 is 2.28 bits per heavy atom. The van der Waals surface area contributed by atoms with Crippen molar-refractivity contribution in [2.75, 3.05) is 29.0 Å². The normalized spacial score (nSPS) is 11.0. The summed E-state index contributed by atoms with van der Waals surface area (Å²) in [6.07, 6.45) is 0. The van der Waals surface area contributed by atoms with Gasteiger partial charge in [-0.25, -0.2) is 8.42 Å². The van der Waals surface area contributed by atoms with Gasteiger partial charge in [0.15, 0.2) is 0 Å². The van der Waals surface area contributed by atoms with Gasteiger partial charge in [0.25, 0.3) is 15.9 Å². The minimum atomic E-state index is -3.87. The molecule has 3 aromatic carbocycles. The Morgan fingerprint density at radius 2 is 1.62 bits per heavy atom. The van der Waals surface area contributed by atoms with Crippen LogP contribution < -0.4 is 14.9 Å². The van der Waals surface area contributed by atoms with Crippen LogP contribution in [-0.2, 0) is 10.0 Å². The van der Waals surface area contributed by atoms with E-state index in [0.29, 0.717) is 16.3 Å². The van der Waals surface area contributed by atoms with E-state index in [-0.39, 0.29) is 16.5 Å². The minimum Gasteiger partial charge on any atom is -0.378 e. The average Bonchev–Trinajstić information content (AvgIpc) is 2.70. The van der Waals surface area contributed by atoms with Crippen LogP contribution in [0.5, 0.6) is 0 Å². The van der Waals surface area contributed by atoms with Crippen LogP contribution >= 0.6 is 11.6 Å². The molecular weight excluding hydrogens is 410 g/mol. The van der Waals surface area contributed by atoms with Gasteiger partial charge in [0, 0.05) is 31.0 Å². The highest BCUT2D eigenvalue weighted by Gasteiger charge is 2.17. The summed E-state index contributed by atoms with van der Waals surface area (Å²) in [6, 6.07) is 19.7. The third kappa shape index (κ3) is 5.07. The summed E-state index contributed by atoms with van der Waals surface area (Å²) in [7, 11) is -0.0364. The lowest BCUT2D eigenvalue weighted by Gasteiger charge is -2.13. The van der Waals surface area contributed by atoms with E-state index in [0.717, 1.165) is 5.69 Å². The Kier molecular flexibility index (Phi) is 6.10. The molecule has 0 aliphatic carbocycles. The Bertz CT molecular complexity index is 1130. The maximum absolute atomic E-state index is 12.7. The second-order valence-electron chi connectivity index (χ2n) is 6.51. The quantitative estimate of drug-likeness (QED) is 0.606. The molecule has 8 heteroatoms. The second-order valence-corrected chi connectivity index (χ2v) is 8.60. The van der Waals surface area contributed by atoms with Crippen LogP contribution in [0.3, 0.4) is 0 Å². The van der Waals surface area contributed by atoms with Gasteiger partial charge < -0.3 is 10.2 Å². The molecule has 3 rings (SSSR count). The number of nitrogens with zero attached hydrogens (tertiary/aromatic N) is 1. The number of rotatable bonds is 6. The third-order valence-corrected chi connectivity index (χ3v) is 5.86. The molecular formula is C21H20ClN3O3S. The first-order valence-corrected chi connectivity index (χ1v) is 10.6. The van der Waals surface area contributed by atoms with E-state index < -0.39 is 10.0 Å². The zero-order chi connectivity index (χ0) is 21.0. The fourth-order valence-electron chi connectivity index (χ4n) is 2.60. The van der Waals surface area contributed by atoms with Crippen LogP contribution in [0.1, 0.15) is 10.4 Å². The lowest BCUT2D eigenvalue weighted by atomic mass is 10.2. The van der Waals surface area contributed by atoms with Crippen LogP contribution in [-0.4, -0.2) is 28.4 Å². The molecule has 0 unspecified atom stereocenters. The molecule has 29 heavy (non-hydrogen) atoms. The van der Waals surface area contributed by atoms with Crippen molar-refractivity contribution in [2.24, 2.45) is 0 Å². The molecule has 0 bridgehead atoms. The van der Waals surface area contributed by atoms with Crippen molar-refractivity contribution in [3.05, 3.63) is 83.4 Å². The van der Waals surface area contributed by atoms with E-state index >= 15 is 0 Å². The number of carbonyl (C=O) groups excluding carboxylic acids is 1. The number of benzene rings is 3. The van der Waals surface area contributed by atoms with Gasteiger partial charge in [-0.05, 0) is 54.6 Å². The molecule has 0 aliphatic heterocycles. The van der Waals surface area contributed by atoms with E-state index in [1.165, 1.54) is 12.1 Å². The first-order valence-electron chi connectivity index (χ1n) is 8.72. The number of hydrogen-bond acceptors (Lipinski definition) is 4. The summed E-state index contributed by atoms with van der Waals surface area (Å²) in [6.45, 7) is 0. The number of sulfonamides is 1. The van der Waals surface area contributed by atoms with E-state index in [4.69, 9.17) is 11.6 Å². The Balaban J connectivity index is 1.78. The van der Waals surface area contributed by atoms with Crippen molar-refractivity contribution in [1.29, 1.82) is 0 Å². The topological polar surface area (TPSA) is 78.5 Å². The van der Waals surface area contributed by atoms with Gasteiger partial charge in [0.05, 0.1) is 15.6 Å². The minimum absolute atomic E-state index is 0.0122. The average molecular weight is 430 g/mol. The predicted molar refractivity (Wildman–Crippen MR) is 117 cm³/mol. The van der Waals surface area contributed by atoms with Gasteiger partial charge in [0.1, 0.15) is 0 Å². The highest BCUT2D eigenvalue weighted by atomic mass is 35.5.